The van der Waals surface area contributed by atoms with Crippen LogP contribution in [-0.2, 0) is 16.0 Å². The van der Waals surface area contributed by atoms with Gasteiger partial charge in [0.15, 0.2) is 0 Å². The van der Waals surface area contributed by atoms with Gasteiger partial charge in [-0.1, -0.05) is 24.3 Å². The Morgan fingerprint density at radius 2 is 1.90 bits per heavy atom. The maximum Gasteiger partial charge on any atom is 0.308 e. The highest BCUT2D eigenvalue weighted by molar-refractivity contribution is 5.76. The first-order valence-corrected chi connectivity index (χ1v) is 7.19. The number of nitrogens with zero attached hydrogens (tertiary/aromatic N) is 1. The van der Waals surface area contributed by atoms with E-state index in [1.165, 1.54) is 6.92 Å². The van der Waals surface area contributed by atoms with Gasteiger partial charge in [0, 0.05) is 32.5 Å². The van der Waals surface area contributed by atoms with E-state index >= 15 is 0 Å². The minimum absolute atomic E-state index is 0.0481. The molecule has 0 saturated carbocycles. The Balaban J connectivity index is 2.16. The summed E-state index contributed by atoms with van der Waals surface area (Å²) in [5.41, 5.74) is 2.10. The van der Waals surface area contributed by atoms with Crippen molar-refractivity contribution >= 4 is 11.9 Å². The summed E-state index contributed by atoms with van der Waals surface area (Å²) < 4.78 is 0. The van der Waals surface area contributed by atoms with Crippen LogP contribution in [0.1, 0.15) is 30.4 Å². The van der Waals surface area contributed by atoms with Crippen LogP contribution in [0.4, 0.5) is 0 Å². The quantitative estimate of drug-likeness (QED) is 0.875. The number of piperidine rings is 1. The van der Waals surface area contributed by atoms with E-state index in [9.17, 15) is 14.7 Å². The highest BCUT2D eigenvalue weighted by Gasteiger charge is 2.33. The molecule has 0 aromatic heterocycles. The van der Waals surface area contributed by atoms with Gasteiger partial charge >= 0.3 is 5.97 Å². The SMILES string of the molecule is CC(=O)N1CC(C(=O)O)CC(c2ccc(CCO)cc2)C1. The topological polar surface area (TPSA) is 77.8 Å². The molecule has 2 atom stereocenters. The van der Waals surface area contributed by atoms with Crippen molar-refractivity contribution in [3.63, 3.8) is 0 Å². The van der Waals surface area contributed by atoms with Gasteiger partial charge in [-0.25, -0.2) is 0 Å². The Kier molecular flexibility index (Phi) is 4.96. The molecule has 5 nitrogen and oxygen atoms in total. The summed E-state index contributed by atoms with van der Waals surface area (Å²) in [5.74, 6) is -1.39. The molecule has 1 heterocycles. The molecule has 0 bridgehead atoms. The summed E-state index contributed by atoms with van der Waals surface area (Å²) >= 11 is 0. The molecule has 0 spiro atoms. The summed E-state index contributed by atoms with van der Waals surface area (Å²) in [5, 5.41) is 18.2. The predicted octanol–water partition coefficient (Wildman–Crippen LogP) is 1.26. The molecule has 1 amide bonds. The first-order chi connectivity index (χ1) is 10.0. The van der Waals surface area contributed by atoms with Crippen molar-refractivity contribution in [2.24, 2.45) is 5.92 Å². The Labute approximate surface area is 124 Å². The molecule has 1 aromatic carbocycles. The number of aliphatic carboxylic acids is 1. The summed E-state index contributed by atoms with van der Waals surface area (Å²) in [7, 11) is 0. The Hall–Kier alpha value is -1.88. The second kappa shape index (κ2) is 6.72. The lowest BCUT2D eigenvalue weighted by atomic mass is 9.84. The van der Waals surface area contributed by atoms with E-state index in [2.05, 4.69) is 0 Å². The van der Waals surface area contributed by atoms with Crippen LogP contribution in [0.15, 0.2) is 24.3 Å². The zero-order valence-electron chi connectivity index (χ0n) is 12.2. The lowest BCUT2D eigenvalue weighted by molar-refractivity contribution is -0.145. The van der Waals surface area contributed by atoms with Crippen molar-refractivity contribution in [2.75, 3.05) is 19.7 Å². The zero-order valence-corrected chi connectivity index (χ0v) is 12.2. The van der Waals surface area contributed by atoms with Crippen LogP contribution >= 0.6 is 0 Å². The van der Waals surface area contributed by atoms with Gasteiger partial charge in [0.25, 0.3) is 0 Å². The van der Waals surface area contributed by atoms with Crippen LogP contribution in [0.3, 0.4) is 0 Å². The van der Waals surface area contributed by atoms with E-state index in [0.29, 0.717) is 25.9 Å². The molecular formula is C16H21NO4. The second-order valence-electron chi connectivity index (χ2n) is 5.61. The van der Waals surface area contributed by atoms with E-state index < -0.39 is 11.9 Å². The molecule has 5 heteroatoms. The van der Waals surface area contributed by atoms with Gasteiger partial charge < -0.3 is 15.1 Å². The number of likely N-dealkylation sites (tertiary alicyclic amines) is 1. The maximum atomic E-state index is 11.6. The monoisotopic (exact) mass is 291 g/mol. The van der Waals surface area contributed by atoms with Crippen LogP contribution in [0.2, 0.25) is 0 Å². The van der Waals surface area contributed by atoms with Gasteiger partial charge in [-0.2, -0.15) is 0 Å². The molecule has 1 aliphatic rings. The maximum absolute atomic E-state index is 11.6. The molecule has 114 valence electrons. The normalized spacial score (nSPS) is 22.1. The van der Waals surface area contributed by atoms with E-state index in [4.69, 9.17) is 5.11 Å². The molecule has 1 aliphatic heterocycles. The smallest absolute Gasteiger partial charge is 0.308 e. The number of carboxylic acid groups (broad SMARTS) is 1. The summed E-state index contributed by atoms with van der Waals surface area (Å²) in [4.78, 5) is 24.5. The first kappa shape index (κ1) is 15.5. The van der Waals surface area contributed by atoms with Gasteiger partial charge in [0.05, 0.1) is 5.92 Å². The molecule has 1 saturated heterocycles. The molecule has 1 fully saturated rings. The van der Waals surface area contributed by atoms with E-state index in [-0.39, 0.29) is 18.4 Å². The van der Waals surface area contributed by atoms with Gasteiger partial charge in [-0.3, -0.25) is 9.59 Å². The fourth-order valence-corrected chi connectivity index (χ4v) is 2.86. The van der Waals surface area contributed by atoms with Crippen LogP contribution in [0.25, 0.3) is 0 Å². The third-order valence-corrected chi connectivity index (χ3v) is 4.10. The number of aliphatic hydroxyl groups excluding tert-OH is 1. The zero-order chi connectivity index (χ0) is 15.4. The molecule has 0 aliphatic carbocycles. The molecule has 2 N–H and O–H groups in total. The van der Waals surface area contributed by atoms with E-state index in [1.54, 1.807) is 4.90 Å². The molecular weight excluding hydrogens is 270 g/mol. The minimum atomic E-state index is -0.845. The number of carbonyl (C=O) groups excluding carboxylic acids is 1. The van der Waals surface area contributed by atoms with Crippen molar-refractivity contribution in [2.45, 2.75) is 25.7 Å². The first-order valence-electron chi connectivity index (χ1n) is 7.19. The average Bonchev–Trinajstić information content (AvgIpc) is 2.47. The Morgan fingerprint density at radius 1 is 1.24 bits per heavy atom. The number of hydrogen-bond acceptors (Lipinski definition) is 3. The predicted molar refractivity (Wildman–Crippen MR) is 78.0 cm³/mol. The standard InChI is InChI=1S/C16H21NO4/c1-11(19)17-9-14(8-15(10-17)16(20)21)13-4-2-12(3-5-13)6-7-18/h2-5,14-15,18H,6-10H2,1H3,(H,20,21). The Morgan fingerprint density at radius 3 is 2.43 bits per heavy atom. The number of carbonyl (C=O) groups is 2. The third kappa shape index (κ3) is 3.82. The van der Waals surface area contributed by atoms with E-state index in [1.807, 2.05) is 24.3 Å². The number of amides is 1. The number of benzene rings is 1. The number of rotatable bonds is 4. The van der Waals surface area contributed by atoms with Crippen LogP contribution in [-0.4, -0.2) is 46.7 Å². The van der Waals surface area contributed by atoms with Crippen molar-refractivity contribution in [1.82, 2.24) is 4.90 Å². The lowest BCUT2D eigenvalue weighted by Crippen LogP contribution is -2.44. The largest absolute Gasteiger partial charge is 0.481 e. The van der Waals surface area contributed by atoms with Crippen molar-refractivity contribution in [3.05, 3.63) is 35.4 Å². The second-order valence-corrected chi connectivity index (χ2v) is 5.61. The summed E-state index contributed by atoms with van der Waals surface area (Å²) in [6, 6.07) is 7.85. The van der Waals surface area contributed by atoms with Crippen molar-refractivity contribution in [3.8, 4) is 0 Å². The number of carboxylic acids is 1. The van der Waals surface area contributed by atoms with Crippen molar-refractivity contribution < 1.29 is 19.8 Å². The molecule has 1 aromatic rings. The fourth-order valence-electron chi connectivity index (χ4n) is 2.86. The summed E-state index contributed by atoms with van der Waals surface area (Å²) in [6.45, 7) is 2.45. The fraction of sp³-hybridized carbons (Fsp3) is 0.500. The minimum Gasteiger partial charge on any atom is -0.481 e. The van der Waals surface area contributed by atoms with Gasteiger partial charge in [-0.15, -0.1) is 0 Å². The van der Waals surface area contributed by atoms with E-state index in [0.717, 1.165) is 11.1 Å². The molecule has 2 unspecified atom stereocenters. The van der Waals surface area contributed by atoms with Gasteiger partial charge in [-0.05, 0) is 24.0 Å². The highest BCUT2D eigenvalue weighted by Crippen LogP contribution is 2.30. The highest BCUT2D eigenvalue weighted by atomic mass is 16.4. The third-order valence-electron chi connectivity index (χ3n) is 4.10. The van der Waals surface area contributed by atoms with Crippen LogP contribution in [0, 0.1) is 5.92 Å². The van der Waals surface area contributed by atoms with Crippen LogP contribution < -0.4 is 0 Å². The van der Waals surface area contributed by atoms with Gasteiger partial charge in [0.2, 0.25) is 5.91 Å². The van der Waals surface area contributed by atoms with Crippen LogP contribution in [0.5, 0.6) is 0 Å². The van der Waals surface area contributed by atoms with Crippen molar-refractivity contribution in [1.29, 1.82) is 0 Å². The number of hydrogen-bond donors (Lipinski definition) is 2. The van der Waals surface area contributed by atoms with Gasteiger partial charge in [0.1, 0.15) is 0 Å². The molecule has 2 rings (SSSR count). The number of aliphatic hydroxyl groups is 1. The summed E-state index contributed by atoms with van der Waals surface area (Å²) in [6.07, 6.45) is 1.17. The molecule has 21 heavy (non-hydrogen) atoms. The lowest BCUT2D eigenvalue weighted by Gasteiger charge is -2.36. The average molecular weight is 291 g/mol. The molecule has 0 radical (unpaired) electrons. The Bertz CT molecular complexity index is 490.